The van der Waals surface area contributed by atoms with Crippen LogP contribution in [0.2, 0.25) is 10.0 Å². The van der Waals surface area contributed by atoms with Gasteiger partial charge in [-0.05, 0) is 12.1 Å². The molecular formula is C11H8Cl2N2O4S. The van der Waals surface area contributed by atoms with E-state index in [9.17, 15) is 14.4 Å². The number of rotatable bonds is 3. The topological polar surface area (TPSA) is 95.5 Å². The molecule has 0 spiro atoms. The molecule has 0 aromatic heterocycles. The molecule has 9 heteroatoms. The first-order valence-corrected chi connectivity index (χ1v) is 7.09. The number of hydrogen-bond donors (Lipinski definition) is 3. The molecule has 106 valence electrons. The van der Waals surface area contributed by atoms with Crippen molar-refractivity contribution in [3.63, 3.8) is 0 Å². The van der Waals surface area contributed by atoms with Gasteiger partial charge in [0.25, 0.3) is 5.24 Å². The van der Waals surface area contributed by atoms with Crippen LogP contribution in [0.3, 0.4) is 0 Å². The van der Waals surface area contributed by atoms with Crippen LogP contribution in [0.25, 0.3) is 0 Å². The minimum Gasteiger partial charge on any atom is -0.478 e. The average molecular weight is 335 g/mol. The first-order chi connectivity index (χ1) is 9.38. The first kappa shape index (κ1) is 15.0. The van der Waals surface area contributed by atoms with Crippen LogP contribution < -0.4 is 10.6 Å². The molecule has 2 amide bonds. The van der Waals surface area contributed by atoms with Gasteiger partial charge in [0, 0.05) is 5.75 Å². The maximum atomic E-state index is 11.9. The van der Waals surface area contributed by atoms with Crippen molar-refractivity contribution in [2.75, 3.05) is 11.1 Å². The molecule has 20 heavy (non-hydrogen) atoms. The highest BCUT2D eigenvalue weighted by Crippen LogP contribution is 2.32. The predicted octanol–water partition coefficient (Wildman–Crippen LogP) is 2.46. The molecular weight excluding hydrogens is 327 g/mol. The monoisotopic (exact) mass is 334 g/mol. The van der Waals surface area contributed by atoms with E-state index in [-0.39, 0.29) is 26.5 Å². The Morgan fingerprint density at radius 1 is 1.35 bits per heavy atom. The molecule has 0 aliphatic carbocycles. The molecule has 1 atom stereocenters. The van der Waals surface area contributed by atoms with Crippen LogP contribution >= 0.6 is 35.0 Å². The van der Waals surface area contributed by atoms with Gasteiger partial charge in [0.15, 0.2) is 0 Å². The van der Waals surface area contributed by atoms with E-state index in [4.69, 9.17) is 28.3 Å². The van der Waals surface area contributed by atoms with Gasteiger partial charge in [-0.25, -0.2) is 4.79 Å². The summed E-state index contributed by atoms with van der Waals surface area (Å²) in [5.74, 6) is -1.33. The maximum Gasteiger partial charge on any atom is 0.335 e. The highest BCUT2D eigenvalue weighted by molar-refractivity contribution is 8.14. The SMILES string of the molecule is O=C1NC(C(=O)Nc2c(Cl)cc(C(=O)O)cc2Cl)CS1. The number of aromatic carboxylic acids is 1. The number of amides is 2. The number of carbonyl (C=O) groups is 3. The van der Waals surface area contributed by atoms with Crippen LogP contribution in [-0.2, 0) is 4.79 Å². The lowest BCUT2D eigenvalue weighted by Gasteiger charge is -2.13. The van der Waals surface area contributed by atoms with E-state index in [1.54, 1.807) is 0 Å². The van der Waals surface area contributed by atoms with Crippen LogP contribution in [0.15, 0.2) is 12.1 Å². The van der Waals surface area contributed by atoms with E-state index in [0.717, 1.165) is 11.8 Å². The summed E-state index contributed by atoms with van der Waals surface area (Å²) < 4.78 is 0. The van der Waals surface area contributed by atoms with Gasteiger partial charge < -0.3 is 15.7 Å². The minimum absolute atomic E-state index is 0.0141. The highest BCUT2D eigenvalue weighted by atomic mass is 35.5. The molecule has 1 aliphatic rings. The van der Waals surface area contributed by atoms with Gasteiger partial charge in [-0.15, -0.1) is 0 Å². The lowest BCUT2D eigenvalue weighted by atomic mass is 10.2. The summed E-state index contributed by atoms with van der Waals surface area (Å²) in [6.45, 7) is 0. The zero-order valence-electron chi connectivity index (χ0n) is 9.78. The smallest absolute Gasteiger partial charge is 0.335 e. The fourth-order valence-corrected chi connectivity index (χ4v) is 2.91. The van der Waals surface area contributed by atoms with Gasteiger partial charge in [-0.2, -0.15) is 0 Å². The molecule has 6 nitrogen and oxygen atoms in total. The van der Waals surface area contributed by atoms with Crippen LogP contribution in [0.1, 0.15) is 10.4 Å². The number of carbonyl (C=O) groups excluding carboxylic acids is 2. The third kappa shape index (κ3) is 3.17. The van der Waals surface area contributed by atoms with Crippen LogP contribution in [0.5, 0.6) is 0 Å². The summed E-state index contributed by atoms with van der Waals surface area (Å²) >= 11 is 12.8. The Labute approximate surface area is 127 Å². The number of nitrogens with one attached hydrogen (secondary N) is 2. The van der Waals surface area contributed by atoms with Crippen molar-refractivity contribution in [2.24, 2.45) is 0 Å². The van der Waals surface area contributed by atoms with Crippen molar-refractivity contribution in [1.82, 2.24) is 5.32 Å². The van der Waals surface area contributed by atoms with Crippen LogP contribution in [0, 0.1) is 0 Å². The fourth-order valence-electron chi connectivity index (χ4n) is 1.55. The third-order valence-electron chi connectivity index (χ3n) is 2.53. The van der Waals surface area contributed by atoms with Crippen LogP contribution in [0.4, 0.5) is 10.5 Å². The zero-order valence-corrected chi connectivity index (χ0v) is 12.1. The summed E-state index contributed by atoms with van der Waals surface area (Å²) in [4.78, 5) is 33.8. The van der Waals surface area contributed by atoms with Gasteiger partial charge in [0.2, 0.25) is 5.91 Å². The molecule has 1 heterocycles. The van der Waals surface area contributed by atoms with Crippen molar-refractivity contribution in [3.05, 3.63) is 27.7 Å². The molecule has 1 aromatic carbocycles. The molecule has 1 aromatic rings. The lowest BCUT2D eigenvalue weighted by molar-refractivity contribution is -0.117. The molecule has 0 bridgehead atoms. The van der Waals surface area contributed by atoms with Crippen molar-refractivity contribution in [2.45, 2.75) is 6.04 Å². The van der Waals surface area contributed by atoms with Crippen molar-refractivity contribution in [3.8, 4) is 0 Å². The Balaban J connectivity index is 2.19. The van der Waals surface area contributed by atoms with Gasteiger partial charge in [-0.1, -0.05) is 35.0 Å². The summed E-state index contributed by atoms with van der Waals surface area (Å²) in [5, 5.41) is 13.6. The molecule has 1 aliphatic heterocycles. The summed E-state index contributed by atoms with van der Waals surface area (Å²) in [6.07, 6.45) is 0. The molecule has 1 fully saturated rings. The minimum atomic E-state index is -1.17. The van der Waals surface area contributed by atoms with Gasteiger partial charge in [0.1, 0.15) is 6.04 Å². The van der Waals surface area contributed by atoms with Gasteiger partial charge in [0.05, 0.1) is 21.3 Å². The van der Waals surface area contributed by atoms with E-state index in [1.165, 1.54) is 12.1 Å². The van der Waals surface area contributed by atoms with Gasteiger partial charge in [-0.3, -0.25) is 9.59 Å². The highest BCUT2D eigenvalue weighted by Gasteiger charge is 2.28. The lowest BCUT2D eigenvalue weighted by Crippen LogP contribution is -2.38. The number of anilines is 1. The van der Waals surface area contributed by atoms with Crippen molar-refractivity contribution >= 4 is 57.8 Å². The number of halogens is 2. The van der Waals surface area contributed by atoms with Crippen molar-refractivity contribution < 1.29 is 19.5 Å². The maximum absolute atomic E-state index is 11.9. The predicted molar refractivity (Wildman–Crippen MR) is 76.8 cm³/mol. The molecule has 2 rings (SSSR count). The Morgan fingerprint density at radius 2 is 1.95 bits per heavy atom. The number of carboxylic acids is 1. The standard InChI is InChI=1S/C11H8Cl2N2O4S/c12-5-1-4(10(17)18)2-6(13)8(5)15-9(16)7-3-20-11(19)14-7/h1-2,7H,3H2,(H,14,19)(H,15,16)(H,17,18). The molecule has 3 N–H and O–H groups in total. The van der Waals surface area contributed by atoms with E-state index >= 15 is 0 Å². The zero-order chi connectivity index (χ0) is 14.9. The second-order valence-electron chi connectivity index (χ2n) is 3.90. The first-order valence-electron chi connectivity index (χ1n) is 5.35. The summed E-state index contributed by atoms with van der Waals surface area (Å²) in [5.41, 5.74) is 0.0391. The van der Waals surface area contributed by atoms with E-state index < -0.39 is 17.9 Å². The number of hydrogen-bond acceptors (Lipinski definition) is 4. The van der Waals surface area contributed by atoms with Crippen molar-refractivity contribution in [1.29, 1.82) is 0 Å². The number of carboxylic acid groups (broad SMARTS) is 1. The van der Waals surface area contributed by atoms with E-state index in [1.807, 2.05) is 0 Å². The van der Waals surface area contributed by atoms with Crippen LogP contribution in [-0.4, -0.2) is 34.0 Å². The normalized spacial score (nSPS) is 17.7. The largest absolute Gasteiger partial charge is 0.478 e. The van der Waals surface area contributed by atoms with E-state index in [0.29, 0.717) is 5.75 Å². The average Bonchev–Trinajstić information content (AvgIpc) is 2.80. The Kier molecular flexibility index (Phi) is 4.42. The summed E-state index contributed by atoms with van der Waals surface area (Å²) in [7, 11) is 0. The Bertz CT molecular complexity index is 585. The Morgan fingerprint density at radius 3 is 2.40 bits per heavy atom. The number of thioether (sulfide) groups is 1. The molecule has 1 unspecified atom stereocenters. The number of benzene rings is 1. The second kappa shape index (κ2) is 5.90. The molecule has 0 saturated carbocycles. The quantitative estimate of drug-likeness (QED) is 0.789. The molecule has 1 saturated heterocycles. The fraction of sp³-hybridized carbons (Fsp3) is 0.182. The molecule has 0 radical (unpaired) electrons. The second-order valence-corrected chi connectivity index (χ2v) is 5.71. The Hall–Kier alpha value is -1.44. The van der Waals surface area contributed by atoms with Gasteiger partial charge >= 0.3 is 5.97 Å². The van der Waals surface area contributed by atoms with E-state index in [2.05, 4.69) is 10.6 Å². The third-order valence-corrected chi connectivity index (χ3v) is 4.00. The summed E-state index contributed by atoms with van der Waals surface area (Å²) in [6, 6.07) is 1.71.